The number of H-pyrrole nitrogens is 1. The van der Waals surface area contributed by atoms with Crippen molar-refractivity contribution in [2.24, 2.45) is 0 Å². The van der Waals surface area contributed by atoms with E-state index in [2.05, 4.69) is 9.97 Å². The Labute approximate surface area is 112 Å². The van der Waals surface area contributed by atoms with Gasteiger partial charge in [0.15, 0.2) is 0 Å². The molecular formula is C13H9FN2S2. The maximum absolute atomic E-state index is 13.0. The van der Waals surface area contributed by atoms with Crippen molar-refractivity contribution in [3.8, 4) is 11.1 Å². The van der Waals surface area contributed by atoms with Crippen LogP contribution < -0.4 is 0 Å². The molecule has 1 N–H and O–H groups in total. The highest BCUT2D eigenvalue weighted by Crippen LogP contribution is 2.37. The first kappa shape index (κ1) is 11.5. The molecule has 0 spiro atoms. The van der Waals surface area contributed by atoms with Crippen LogP contribution in [0.5, 0.6) is 0 Å². The Morgan fingerprint density at radius 3 is 2.72 bits per heavy atom. The normalized spacial score (nSPS) is 11.0. The van der Waals surface area contributed by atoms with E-state index in [-0.39, 0.29) is 5.82 Å². The molecular weight excluding hydrogens is 267 g/mol. The van der Waals surface area contributed by atoms with Gasteiger partial charge in [0.05, 0.1) is 11.7 Å². The SMILES string of the molecule is Cc1sc2nc[nH]c(=S)c2c1-c1ccc(F)cc1. The summed E-state index contributed by atoms with van der Waals surface area (Å²) >= 11 is 6.92. The number of hydrogen-bond donors (Lipinski definition) is 1. The molecule has 0 amide bonds. The quantitative estimate of drug-likeness (QED) is 0.664. The molecule has 0 saturated carbocycles. The minimum absolute atomic E-state index is 0.237. The average Bonchev–Trinajstić information content (AvgIpc) is 2.68. The average molecular weight is 276 g/mol. The van der Waals surface area contributed by atoms with E-state index in [0.29, 0.717) is 4.64 Å². The summed E-state index contributed by atoms with van der Waals surface area (Å²) in [6.45, 7) is 2.03. The first-order valence-electron chi connectivity index (χ1n) is 5.39. The van der Waals surface area contributed by atoms with E-state index in [1.54, 1.807) is 29.8 Å². The summed E-state index contributed by atoms with van der Waals surface area (Å²) in [5.41, 5.74) is 2.01. The molecule has 0 unspecified atom stereocenters. The minimum atomic E-state index is -0.237. The highest BCUT2D eigenvalue weighted by atomic mass is 32.1. The van der Waals surface area contributed by atoms with Crippen molar-refractivity contribution in [2.45, 2.75) is 6.92 Å². The number of rotatable bonds is 1. The van der Waals surface area contributed by atoms with E-state index in [4.69, 9.17) is 12.2 Å². The Kier molecular flexibility index (Phi) is 2.72. The van der Waals surface area contributed by atoms with E-state index in [9.17, 15) is 4.39 Å². The van der Waals surface area contributed by atoms with Gasteiger partial charge in [0.1, 0.15) is 15.3 Å². The number of fused-ring (bicyclic) bond motifs is 1. The fraction of sp³-hybridized carbons (Fsp3) is 0.0769. The molecule has 90 valence electrons. The van der Waals surface area contributed by atoms with Crippen molar-refractivity contribution in [1.82, 2.24) is 9.97 Å². The number of benzene rings is 1. The second-order valence-electron chi connectivity index (χ2n) is 3.95. The Bertz CT molecular complexity index is 772. The van der Waals surface area contributed by atoms with Gasteiger partial charge in [0.25, 0.3) is 0 Å². The van der Waals surface area contributed by atoms with Gasteiger partial charge in [-0.15, -0.1) is 11.3 Å². The second-order valence-corrected chi connectivity index (χ2v) is 5.56. The van der Waals surface area contributed by atoms with Crippen molar-refractivity contribution in [3.63, 3.8) is 0 Å². The lowest BCUT2D eigenvalue weighted by atomic mass is 10.0. The van der Waals surface area contributed by atoms with Gasteiger partial charge in [-0.25, -0.2) is 9.37 Å². The zero-order chi connectivity index (χ0) is 12.7. The Morgan fingerprint density at radius 1 is 1.28 bits per heavy atom. The standard InChI is InChI=1S/C13H9FN2S2/c1-7-10(8-2-4-9(14)5-3-8)11-12(17)15-6-16-13(11)18-7/h2-6H,1H3,(H,15,16,17). The molecule has 0 bridgehead atoms. The number of nitrogens with one attached hydrogen (secondary N) is 1. The Morgan fingerprint density at radius 2 is 2.00 bits per heavy atom. The monoisotopic (exact) mass is 276 g/mol. The van der Waals surface area contributed by atoms with Gasteiger partial charge in [0.2, 0.25) is 0 Å². The number of aryl methyl sites for hydroxylation is 1. The molecule has 3 aromatic rings. The van der Waals surface area contributed by atoms with Crippen LogP contribution in [0.15, 0.2) is 30.6 Å². The zero-order valence-corrected chi connectivity index (χ0v) is 11.2. The van der Waals surface area contributed by atoms with Gasteiger partial charge in [-0.1, -0.05) is 24.4 Å². The molecule has 1 aromatic carbocycles. The number of thiophene rings is 1. The Balaban J connectivity index is 2.38. The lowest BCUT2D eigenvalue weighted by Gasteiger charge is -2.01. The van der Waals surface area contributed by atoms with Crippen molar-refractivity contribution >= 4 is 33.8 Å². The third-order valence-corrected chi connectivity index (χ3v) is 4.14. The first-order chi connectivity index (χ1) is 8.66. The predicted molar refractivity (Wildman–Crippen MR) is 74.9 cm³/mol. The molecule has 0 atom stereocenters. The molecule has 0 radical (unpaired) electrons. The molecule has 2 aromatic heterocycles. The van der Waals surface area contributed by atoms with Crippen LogP contribution >= 0.6 is 23.6 Å². The molecule has 5 heteroatoms. The smallest absolute Gasteiger partial charge is 0.128 e. The zero-order valence-electron chi connectivity index (χ0n) is 9.53. The number of nitrogens with zero attached hydrogens (tertiary/aromatic N) is 1. The summed E-state index contributed by atoms with van der Waals surface area (Å²) in [4.78, 5) is 9.28. The van der Waals surface area contributed by atoms with Crippen LogP contribution in [0.2, 0.25) is 0 Å². The van der Waals surface area contributed by atoms with Crippen LogP contribution in [0.3, 0.4) is 0 Å². The first-order valence-corrected chi connectivity index (χ1v) is 6.62. The van der Waals surface area contributed by atoms with Crippen molar-refractivity contribution in [2.75, 3.05) is 0 Å². The maximum atomic E-state index is 13.0. The van der Waals surface area contributed by atoms with Crippen LogP contribution in [-0.2, 0) is 0 Å². The number of hydrogen-bond acceptors (Lipinski definition) is 3. The summed E-state index contributed by atoms with van der Waals surface area (Å²) in [5, 5.41) is 0.946. The number of halogens is 1. The summed E-state index contributed by atoms with van der Waals surface area (Å²) in [5.74, 6) is -0.237. The predicted octanol–water partition coefficient (Wildman–Crippen LogP) is 4.47. The van der Waals surface area contributed by atoms with Crippen LogP contribution in [0.25, 0.3) is 21.3 Å². The highest BCUT2D eigenvalue weighted by molar-refractivity contribution is 7.71. The molecule has 0 fully saturated rings. The van der Waals surface area contributed by atoms with Gasteiger partial charge >= 0.3 is 0 Å². The van der Waals surface area contributed by atoms with E-state index in [1.165, 1.54) is 12.1 Å². The van der Waals surface area contributed by atoms with Crippen LogP contribution in [0.1, 0.15) is 4.88 Å². The van der Waals surface area contributed by atoms with E-state index >= 15 is 0 Å². The van der Waals surface area contributed by atoms with Crippen LogP contribution in [-0.4, -0.2) is 9.97 Å². The second kappa shape index (κ2) is 4.26. The van der Waals surface area contributed by atoms with Crippen molar-refractivity contribution in [1.29, 1.82) is 0 Å². The van der Waals surface area contributed by atoms with E-state index in [0.717, 1.165) is 26.2 Å². The topological polar surface area (TPSA) is 28.7 Å². The summed E-state index contributed by atoms with van der Waals surface area (Å²) in [7, 11) is 0. The molecule has 0 aliphatic carbocycles. The summed E-state index contributed by atoms with van der Waals surface area (Å²) in [6.07, 6.45) is 1.61. The lowest BCUT2D eigenvalue weighted by Crippen LogP contribution is -1.83. The van der Waals surface area contributed by atoms with Gasteiger partial charge in [-0.3, -0.25) is 0 Å². The van der Waals surface area contributed by atoms with Crippen molar-refractivity contribution in [3.05, 3.63) is 45.9 Å². The van der Waals surface area contributed by atoms with Gasteiger partial charge in [-0.2, -0.15) is 0 Å². The molecule has 3 rings (SSSR count). The van der Waals surface area contributed by atoms with Crippen LogP contribution in [0, 0.1) is 17.4 Å². The molecule has 0 saturated heterocycles. The van der Waals surface area contributed by atoms with E-state index in [1.807, 2.05) is 6.92 Å². The molecule has 18 heavy (non-hydrogen) atoms. The molecule has 2 heterocycles. The molecule has 0 aliphatic rings. The highest BCUT2D eigenvalue weighted by Gasteiger charge is 2.13. The van der Waals surface area contributed by atoms with E-state index < -0.39 is 0 Å². The maximum Gasteiger partial charge on any atom is 0.128 e. The summed E-state index contributed by atoms with van der Waals surface area (Å²) < 4.78 is 13.7. The fourth-order valence-corrected chi connectivity index (χ4v) is 3.36. The van der Waals surface area contributed by atoms with Gasteiger partial charge in [0, 0.05) is 10.4 Å². The Hall–Kier alpha value is -1.59. The largest absolute Gasteiger partial charge is 0.337 e. The third kappa shape index (κ3) is 1.76. The number of aromatic amines is 1. The van der Waals surface area contributed by atoms with Crippen molar-refractivity contribution < 1.29 is 4.39 Å². The molecule has 2 nitrogen and oxygen atoms in total. The fourth-order valence-electron chi connectivity index (χ4n) is 2.02. The van der Waals surface area contributed by atoms with Crippen LogP contribution in [0.4, 0.5) is 4.39 Å². The number of aromatic nitrogens is 2. The third-order valence-electron chi connectivity index (χ3n) is 2.80. The van der Waals surface area contributed by atoms with Gasteiger partial charge < -0.3 is 4.98 Å². The summed E-state index contributed by atoms with van der Waals surface area (Å²) in [6, 6.07) is 6.46. The lowest BCUT2D eigenvalue weighted by molar-refractivity contribution is 0.628. The minimum Gasteiger partial charge on any atom is -0.337 e. The van der Waals surface area contributed by atoms with Gasteiger partial charge in [-0.05, 0) is 24.6 Å². The molecule has 0 aliphatic heterocycles.